The van der Waals surface area contributed by atoms with Crippen LogP contribution in [0.25, 0.3) is 27.9 Å². The molecule has 2 radical (unpaired) electrons. The Balaban J connectivity index is 1.14. The number of carbonyl (C=O) groups excluding carboxylic acids is 1. The minimum Gasteiger partial charge on any atom is -0.451 e. The van der Waals surface area contributed by atoms with Crippen molar-refractivity contribution in [3.05, 3.63) is 113 Å². The van der Waals surface area contributed by atoms with E-state index < -0.39 is 0 Å². The van der Waals surface area contributed by atoms with Crippen LogP contribution in [0.4, 0.5) is 5.82 Å². The van der Waals surface area contributed by atoms with E-state index in [-0.39, 0.29) is 5.91 Å². The Kier molecular flexibility index (Phi) is 6.31. The van der Waals surface area contributed by atoms with E-state index in [9.17, 15) is 4.79 Å². The summed E-state index contributed by atoms with van der Waals surface area (Å²) in [6, 6.07) is 26.7. The maximum atomic E-state index is 12.5. The number of amides is 1. The largest absolute Gasteiger partial charge is 0.451 e. The fourth-order valence-corrected chi connectivity index (χ4v) is 4.48. The SMILES string of the molecule is [B]c1cnn2c(NCc3ccc(CNC(=O)c4cc5ccccc5o4)cc3)cc(-c3ccccc3Cl)nc12. The Morgan fingerprint density at radius 3 is 2.47 bits per heavy atom. The maximum Gasteiger partial charge on any atom is 0.287 e. The van der Waals surface area contributed by atoms with Crippen molar-refractivity contribution >= 4 is 53.3 Å². The molecule has 0 saturated heterocycles. The Labute approximate surface area is 224 Å². The molecule has 0 aliphatic heterocycles. The third kappa shape index (κ3) is 4.74. The quantitative estimate of drug-likeness (QED) is 0.287. The summed E-state index contributed by atoms with van der Waals surface area (Å²) in [4.78, 5) is 17.2. The third-order valence-corrected chi connectivity index (χ3v) is 6.58. The fraction of sp³-hybridized carbons (Fsp3) is 0.0690. The first-order chi connectivity index (χ1) is 18.5. The van der Waals surface area contributed by atoms with Gasteiger partial charge in [0.2, 0.25) is 0 Å². The molecule has 0 aliphatic carbocycles. The van der Waals surface area contributed by atoms with Gasteiger partial charge in [-0.3, -0.25) is 4.79 Å². The van der Waals surface area contributed by atoms with Crippen LogP contribution in [0.15, 0.2) is 95.5 Å². The van der Waals surface area contributed by atoms with Crippen LogP contribution in [0.1, 0.15) is 21.7 Å². The molecule has 1 amide bonds. The normalized spacial score (nSPS) is 11.2. The molecule has 6 aromatic rings. The predicted octanol–water partition coefficient (Wildman–Crippen LogP) is 5.13. The van der Waals surface area contributed by atoms with Crippen molar-refractivity contribution in [2.75, 3.05) is 5.32 Å². The van der Waals surface area contributed by atoms with Gasteiger partial charge in [0.15, 0.2) is 11.4 Å². The lowest BCUT2D eigenvalue weighted by molar-refractivity contribution is 0.0925. The molecular formula is C29H21BClN5O2. The molecule has 0 spiro atoms. The van der Waals surface area contributed by atoms with Crippen molar-refractivity contribution in [1.82, 2.24) is 19.9 Å². The number of benzene rings is 3. The van der Waals surface area contributed by atoms with E-state index in [4.69, 9.17) is 23.9 Å². The Bertz CT molecular complexity index is 1740. The highest BCUT2D eigenvalue weighted by atomic mass is 35.5. The van der Waals surface area contributed by atoms with E-state index in [1.807, 2.05) is 78.9 Å². The van der Waals surface area contributed by atoms with Crippen molar-refractivity contribution in [1.29, 1.82) is 0 Å². The molecule has 0 atom stereocenters. The van der Waals surface area contributed by atoms with Gasteiger partial charge in [0.25, 0.3) is 5.91 Å². The second-order valence-corrected chi connectivity index (χ2v) is 9.25. The summed E-state index contributed by atoms with van der Waals surface area (Å²) in [5.74, 6) is 0.788. The van der Waals surface area contributed by atoms with Crippen molar-refractivity contribution in [2.24, 2.45) is 0 Å². The summed E-state index contributed by atoms with van der Waals surface area (Å²) in [7, 11) is 6.12. The number of furan rings is 1. The van der Waals surface area contributed by atoms with Crippen LogP contribution in [0.5, 0.6) is 0 Å². The molecule has 38 heavy (non-hydrogen) atoms. The molecule has 0 bridgehead atoms. The summed E-state index contributed by atoms with van der Waals surface area (Å²) in [6.45, 7) is 0.939. The van der Waals surface area contributed by atoms with Crippen LogP contribution < -0.4 is 16.1 Å². The number of hydrogen-bond acceptors (Lipinski definition) is 5. The van der Waals surface area contributed by atoms with Gasteiger partial charge in [-0.1, -0.05) is 72.3 Å². The zero-order valence-electron chi connectivity index (χ0n) is 20.2. The smallest absolute Gasteiger partial charge is 0.287 e. The summed E-state index contributed by atoms with van der Waals surface area (Å²) in [6.07, 6.45) is 1.58. The van der Waals surface area contributed by atoms with Crippen LogP contribution in [0.3, 0.4) is 0 Å². The number of nitrogens with zero attached hydrogens (tertiary/aromatic N) is 3. The molecular weight excluding hydrogens is 497 g/mol. The van der Waals surface area contributed by atoms with E-state index >= 15 is 0 Å². The zero-order valence-corrected chi connectivity index (χ0v) is 20.9. The Hall–Kier alpha value is -4.56. The lowest BCUT2D eigenvalue weighted by Crippen LogP contribution is -2.22. The van der Waals surface area contributed by atoms with Crippen LogP contribution in [-0.4, -0.2) is 28.4 Å². The highest BCUT2D eigenvalue weighted by Gasteiger charge is 2.13. The van der Waals surface area contributed by atoms with E-state index in [1.54, 1.807) is 16.8 Å². The first kappa shape index (κ1) is 23.8. The van der Waals surface area contributed by atoms with Crippen LogP contribution in [-0.2, 0) is 13.1 Å². The van der Waals surface area contributed by atoms with Gasteiger partial charge < -0.3 is 15.1 Å². The fourth-order valence-electron chi connectivity index (χ4n) is 4.24. The number of nitrogens with one attached hydrogen (secondary N) is 2. The molecule has 0 aliphatic rings. The average molecular weight is 518 g/mol. The first-order valence-corrected chi connectivity index (χ1v) is 12.4. The number of anilines is 1. The molecule has 184 valence electrons. The van der Waals surface area contributed by atoms with Crippen LogP contribution in [0.2, 0.25) is 5.02 Å². The molecule has 6 rings (SSSR count). The second-order valence-electron chi connectivity index (χ2n) is 8.84. The molecule has 0 fully saturated rings. The van der Waals surface area contributed by atoms with Gasteiger partial charge in [0.05, 0.1) is 5.69 Å². The average Bonchev–Trinajstić information content (AvgIpc) is 3.55. The van der Waals surface area contributed by atoms with Crippen LogP contribution in [0, 0.1) is 0 Å². The standard InChI is InChI=1S/C29H21BClN5O2/c30-22-17-34-36-27(14-24(35-28(22)36)21-6-2-3-7-23(21)31)32-15-18-9-11-19(12-10-18)16-33-29(37)26-13-20-5-1-4-8-25(20)38-26/h1-14,17,32H,15-16H2,(H,33,37). The molecule has 0 saturated carbocycles. The number of hydrogen-bond donors (Lipinski definition) is 2. The predicted molar refractivity (Wildman–Crippen MR) is 150 cm³/mol. The Morgan fingerprint density at radius 2 is 1.68 bits per heavy atom. The van der Waals surface area contributed by atoms with Gasteiger partial charge >= 0.3 is 0 Å². The van der Waals surface area contributed by atoms with E-state index in [1.165, 1.54) is 0 Å². The van der Waals surface area contributed by atoms with E-state index in [0.29, 0.717) is 46.3 Å². The number of fused-ring (bicyclic) bond motifs is 2. The zero-order chi connectivity index (χ0) is 26.1. The van der Waals surface area contributed by atoms with Crippen molar-refractivity contribution in [3.8, 4) is 11.3 Å². The summed E-state index contributed by atoms with van der Waals surface area (Å²) < 4.78 is 7.32. The minimum atomic E-state index is -0.249. The highest BCUT2D eigenvalue weighted by Crippen LogP contribution is 2.28. The molecule has 9 heteroatoms. The van der Waals surface area contributed by atoms with Crippen LogP contribution >= 0.6 is 11.6 Å². The monoisotopic (exact) mass is 517 g/mol. The van der Waals surface area contributed by atoms with Gasteiger partial charge in [-0.25, -0.2) is 4.98 Å². The molecule has 3 aromatic heterocycles. The van der Waals surface area contributed by atoms with E-state index in [0.717, 1.165) is 27.9 Å². The van der Waals surface area contributed by atoms with Gasteiger partial charge in [0.1, 0.15) is 19.2 Å². The highest BCUT2D eigenvalue weighted by molar-refractivity contribution is 6.36. The summed E-state index contributed by atoms with van der Waals surface area (Å²) in [5.41, 5.74) is 5.28. The number of halogens is 1. The minimum absolute atomic E-state index is 0.249. The lowest BCUT2D eigenvalue weighted by atomic mass is 10.0. The van der Waals surface area contributed by atoms with Crippen molar-refractivity contribution < 1.29 is 9.21 Å². The molecule has 7 nitrogen and oxygen atoms in total. The van der Waals surface area contributed by atoms with Crippen molar-refractivity contribution in [2.45, 2.75) is 13.1 Å². The molecule has 2 N–H and O–H groups in total. The van der Waals surface area contributed by atoms with Gasteiger partial charge in [-0.15, -0.1) is 0 Å². The van der Waals surface area contributed by atoms with Gasteiger partial charge in [-0.05, 0) is 34.8 Å². The summed E-state index contributed by atoms with van der Waals surface area (Å²) >= 11 is 6.42. The number of para-hydroxylation sites is 1. The topological polar surface area (TPSA) is 84.5 Å². The van der Waals surface area contributed by atoms with Gasteiger partial charge in [-0.2, -0.15) is 9.61 Å². The molecule has 3 aromatic carbocycles. The second kappa shape index (κ2) is 10.1. The lowest BCUT2D eigenvalue weighted by Gasteiger charge is -2.12. The molecule has 3 heterocycles. The van der Waals surface area contributed by atoms with E-state index in [2.05, 4.69) is 20.7 Å². The Morgan fingerprint density at radius 1 is 0.947 bits per heavy atom. The summed E-state index contributed by atoms with van der Waals surface area (Å²) in [5, 5.41) is 12.2. The van der Waals surface area contributed by atoms with Crippen molar-refractivity contribution in [3.63, 3.8) is 0 Å². The third-order valence-electron chi connectivity index (χ3n) is 6.25. The maximum absolute atomic E-state index is 12.5. The number of carbonyl (C=O) groups is 1. The molecule has 0 unspecified atom stereocenters. The number of aromatic nitrogens is 3. The van der Waals surface area contributed by atoms with Gasteiger partial charge in [0, 0.05) is 41.3 Å². The first-order valence-electron chi connectivity index (χ1n) is 12.0. The number of rotatable bonds is 7.